The zero-order valence-corrected chi connectivity index (χ0v) is 24.4. The lowest BCUT2D eigenvalue weighted by atomic mass is 9.76. The van der Waals surface area contributed by atoms with Gasteiger partial charge in [0.1, 0.15) is 17.2 Å². The number of fused-ring (bicyclic) bond motifs is 1. The number of benzene rings is 2. The Morgan fingerprint density at radius 2 is 1.93 bits per heavy atom. The molecule has 0 spiro atoms. The topological polar surface area (TPSA) is 73.6 Å². The number of rotatable bonds is 9. The Balaban J connectivity index is 1.41. The number of nitrogens with zero attached hydrogens (tertiary/aromatic N) is 2. The van der Waals surface area contributed by atoms with E-state index in [1.807, 2.05) is 38.1 Å². The smallest absolute Gasteiger partial charge is 0.338 e. The lowest BCUT2D eigenvalue weighted by molar-refractivity contribution is -0.167. The number of aromatic nitrogens is 2. The molecule has 40 heavy (non-hydrogen) atoms. The predicted octanol–water partition coefficient (Wildman–Crippen LogP) is 8.06. The Kier molecular flexibility index (Phi) is 8.14. The molecule has 214 valence electrons. The molecule has 8 heteroatoms. The number of hydrogen-bond acceptors (Lipinski definition) is 5. The summed E-state index contributed by atoms with van der Waals surface area (Å²) < 4.78 is 28.6. The summed E-state index contributed by atoms with van der Waals surface area (Å²) in [7, 11) is 0. The van der Waals surface area contributed by atoms with E-state index in [9.17, 15) is 14.3 Å². The zero-order chi connectivity index (χ0) is 28.6. The van der Waals surface area contributed by atoms with Gasteiger partial charge in [0.15, 0.2) is 11.6 Å². The van der Waals surface area contributed by atoms with Crippen LogP contribution in [0.25, 0.3) is 11.0 Å². The lowest BCUT2D eigenvalue weighted by Crippen LogP contribution is -2.46. The largest absolute Gasteiger partial charge is 0.512 e. The number of carbonyl (C=O) groups excluding carboxylic acids is 1. The first-order valence-corrected chi connectivity index (χ1v) is 14.7. The predicted molar refractivity (Wildman–Crippen MR) is 154 cm³/mol. The highest BCUT2D eigenvalue weighted by atomic mass is 35.5. The van der Waals surface area contributed by atoms with Crippen molar-refractivity contribution in [3.8, 4) is 5.75 Å². The summed E-state index contributed by atoms with van der Waals surface area (Å²) in [5.41, 5.74) is 1.91. The van der Waals surface area contributed by atoms with Crippen LogP contribution in [0.2, 0.25) is 5.02 Å². The first-order valence-electron chi connectivity index (χ1n) is 14.3. The minimum absolute atomic E-state index is 0.0652. The SMILES string of the molecule is CC(C)Oc1ccc(CCC2(C3CCCC3)CC(O)=C(Cc3nc4cc(Cl)ccc4n3C(C)C)C(=O)O2)cc1F. The average Bonchev–Trinajstić information content (AvgIpc) is 3.54. The minimum atomic E-state index is -0.823. The van der Waals surface area contributed by atoms with Gasteiger partial charge in [0.2, 0.25) is 0 Å². The van der Waals surface area contributed by atoms with E-state index in [1.165, 1.54) is 6.07 Å². The number of imidazole rings is 1. The second kappa shape index (κ2) is 11.4. The second-order valence-electron chi connectivity index (χ2n) is 11.8. The first-order chi connectivity index (χ1) is 19.1. The Labute approximate surface area is 240 Å². The molecule has 1 fully saturated rings. The number of aryl methyl sites for hydroxylation is 1. The van der Waals surface area contributed by atoms with E-state index in [-0.39, 0.29) is 48.0 Å². The fraction of sp³-hybridized carbons (Fsp3) is 0.500. The minimum Gasteiger partial charge on any atom is -0.512 e. The molecule has 0 bridgehead atoms. The van der Waals surface area contributed by atoms with Crippen LogP contribution in [0.15, 0.2) is 47.7 Å². The molecule has 0 radical (unpaired) electrons. The summed E-state index contributed by atoms with van der Waals surface area (Å²) in [6, 6.07) is 10.7. The van der Waals surface area contributed by atoms with Crippen molar-refractivity contribution in [2.75, 3.05) is 0 Å². The van der Waals surface area contributed by atoms with Crippen LogP contribution >= 0.6 is 11.6 Å². The Hall–Kier alpha value is -3.06. The number of hydrogen-bond donors (Lipinski definition) is 1. The number of halogens is 2. The molecular weight excluding hydrogens is 531 g/mol. The summed E-state index contributed by atoms with van der Waals surface area (Å²) in [5, 5.41) is 11.9. The third kappa shape index (κ3) is 5.71. The number of aliphatic hydroxyl groups excluding tert-OH is 1. The van der Waals surface area contributed by atoms with E-state index < -0.39 is 17.4 Å². The molecule has 1 aromatic heterocycles. The quantitative estimate of drug-likeness (QED) is 0.264. The van der Waals surface area contributed by atoms with Crippen LogP contribution in [0.3, 0.4) is 0 Å². The Bertz CT molecular complexity index is 1440. The van der Waals surface area contributed by atoms with Gasteiger partial charge in [0.05, 0.1) is 22.7 Å². The fourth-order valence-electron chi connectivity index (χ4n) is 6.37. The van der Waals surface area contributed by atoms with Gasteiger partial charge in [-0.15, -0.1) is 0 Å². The van der Waals surface area contributed by atoms with Crippen LogP contribution in [0.1, 0.15) is 83.6 Å². The van der Waals surface area contributed by atoms with Crippen LogP contribution in [-0.4, -0.2) is 32.3 Å². The molecule has 3 aromatic rings. The molecule has 1 aliphatic heterocycles. The maximum Gasteiger partial charge on any atom is 0.338 e. The van der Waals surface area contributed by atoms with Crippen molar-refractivity contribution < 1.29 is 23.8 Å². The number of esters is 1. The van der Waals surface area contributed by atoms with Gasteiger partial charge in [-0.1, -0.05) is 30.5 Å². The number of aliphatic hydroxyl groups is 1. The van der Waals surface area contributed by atoms with Gasteiger partial charge in [-0.3, -0.25) is 0 Å². The van der Waals surface area contributed by atoms with E-state index in [0.29, 0.717) is 23.7 Å². The zero-order valence-electron chi connectivity index (χ0n) is 23.7. The first kappa shape index (κ1) is 28.5. The summed E-state index contributed by atoms with van der Waals surface area (Å²) >= 11 is 6.20. The van der Waals surface area contributed by atoms with Gasteiger partial charge in [0.25, 0.3) is 0 Å². The molecule has 0 amide bonds. The van der Waals surface area contributed by atoms with E-state index in [0.717, 1.165) is 42.3 Å². The van der Waals surface area contributed by atoms with Crippen LogP contribution in [0.5, 0.6) is 5.75 Å². The number of cyclic esters (lactones) is 1. The third-order valence-corrected chi connectivity index (χ3v) is 8.46. The van der Waals surface area contributed by atoms with Crippen molar-refractivity contribution in [2.45, 2.75) is 96.8 Å². The van der Waals surface area contributed by atoms with E-state index in [4.69, 9.17) is 26.1 Å². The molecule has 1 atom stereocenters. The molecule has 0 saturated heterocycles. The molecule has 2 aromatic carbocycles. The van der Waals surface area contributed by atoms with Crippen LogP contribution in [0.4, 0.5) is 4.39 Å². The van der Waals surface area contributed by atoms with E-state index in [1.54, 1.807) is 6.07 Å². The number of ether oxygens (including phenoxy) is 2. The molecule has 2 aliphatic rings. The standard InChI is InChI=1S/C32H38ClFN2O4/c1-19(2)36-27-11-10-23(33)16-26(27)35-30(36)17-24-28(37)18-32(40-31(24)38,22-7-5-6-8-22)14-13-21-9-12-29(25(34)15-21)39-20(3)4/h9-12,15-16,19-20,22,37H,5-8,13-14,17-18H2,1-4H3. The summed E-state index contributed by atoms with van der Waals surface area (Å²) in [6.45, 7) is 7.83. The van der Waals surface area contributed by atoms with Crippen molar-refractivity contribution in [3.63, 3.8) is 0 Å². The van der Waals surface area contributed by atoms with Crippen molar-refractivity contribution in [1.29, 1.82) is 0 Å². The van der Waals surface area contributed by atoms with Crippen molar-refractivity contribution in [3.05, 3.63) is 70.0 Å². The Morgan fingerprint density at radius 1 is 1.18 bits per heavy atom. The highest BCUT2D eigenvalue weighted by molar-refractivity contribution is 6.31. The molecule has 5 rings (SSSR count). The fourth-order valence-corrected chi connectivity index (χ4v) is 6.54. The monoisotopic (exact) mass is 568 g/mol. The van der Waals surface area contributed by atoms with Crippen molar-refractivity contribution >= 4 is 28.6 Å². The molecule has 2 heterocycles. The lowest BCUT2D eigenvalue weighted by Gasteiger charge is -2.42. The van der Waals surface area contributed by atoms with Crippen LogP contribution in [-0.2, 0) is 22.4 Å². The van der Waals surface area contributed by atoms with E-state index in [2.05, 4.69) is 18.4 Å². The second-order valence-corrected chi connectivity index (χ2v) is 12.2. The summed E-state index contributed by atoms with van der Waals surface area (Å²) in [5.74, 6) is 0.224. The van der Waals surface area contributed by atoms with Gasteiger partial charge in [-0.25, -0.2) is 14.2 Å². The third-order valence-electron chi connectivity index (χ3n) is 8.23. The highest BCUT2D eigenvalue weighted by Gasteiger charge is 2.48. The van der Waals surface area contributed by atoms with Gasteiger partial charge in [-0.2, -0.15) is 0 Å². The summed E-state index contributed by atoms with van der Waals surface area (Å²) in [4.78, 5) is 18.3. The van der Waals surface area contributed by atoms with Crippen molar-refractivity contribution in [1.82, 2.24) is 9.55 Å². The normalized spacial score (nSPS) is 20.2. The van der Waals surface area contributed by atoms with Crippen LogP contribution in [0, 0.1) is 11.7 Å². The van der Waals surface area contributed by atoms with Crippen LogP contribution < -0.4 is 4.74 Å². The number of carbonyl (C=O) groups is 1. The van der Waals surface area contributed by atoms with Gasteiger partial charge in [0, 0.05) is 23.9 Å². The molecule has 1 aliphatic carbocycles. The van der Waals surface area contributed by atoms with Gasteiger partial charge >= 0.3 is 5.97 Å². The maximum absolute atomic E-state index is 14.7. The molecule has 1 unspecified atom stereocenters. The molecule has 1 N–H and O–H groups in total. The highest BCUT2D eigenvalue weighted by Crippen LogP contribution is 2.46. The molecule has 6 nitrogen and oxygen atoms in total. The maximum atomic E-state index is 14.7. The molecule has 1 saturated carbocycles. The average molecular weight is 569 g/mol. The molecular formula is C32H38ClFN2O4. The summed E-state index contributed by atoms with van der Waals surface area (Å²) in [6.07, 6.45) is 5.34. The van der Waals surface area contributed by atoms with E-state index >= 15 is 0 Å². The van der Waals surface area contributed by atoms with Crippen molar-refractivity contribution in [2.24, 2.45) is 5.92 Å². The van der Waals surface area contributed by atoms with Gasteiger partial charge in [-0.05, 0) is 95.2 Å². The van der Waals surface area contributed by atoms with Gasteiger partial charge < -0.3 is 19.1 Å². The Morgan fingerprint density at radius 3 is 2.58 bits per heavy atom.